The number of rotatable bonds is 4. The highest BCUT2D eigenvalue weighted by Gasteiger charge is 2.51. The fraction of sp³-hybridized carbons (Fsp3) is 0.700. The second-order valence-corrected chi connectivity index (χ2v) is 7.97. The van der Waals surface area contributed by atoms with Crippen molar-refractivity contribution in [3.05, 3.63) is 23.9 Å². The summed E-state index contributed by atoms with van der Waals surface area (Å²) < 4.78 is 5.24. The number of aromatic nitrogens is 1. The third-order valence-electron chi connectivity index (χ3n) is 6.46. The Balaban J connectivity index is 1.43. The summed E-state index contributed by atoms with van der Waals surface area (Å²) in [6, 6.07) is 5.95. The second kappa shape index (κ2) is 6.94. The van der Waals surface area contributed by atoms with Gasteiger partial charge in [0.1, 0.15) is 0 Å². The molecule has 3 fully saturated rings. The van der Waals surface area contributed by atoms with E-state index in [-0.39, 0.29) is 11.3 Å². The van der Waals surface area contributed by atoms with Gasteiger partial charge in [-0.05, 0) is 50.1 Å². The fourth-order valence-corrected chi connectivity index (χ4v) is 5.18. The number of ether oxygens (including phenoxy) is 1. The van der Waals surface area contributed by atoms with E-state index in [0.717, 1.165) is 51.3 Å². The van der Waals surface area contributed by atoms with Gasteiger partial charge in [0.2, 0.25) is 11.8 Å². The van der Waals surface area contributed by atoms with E-state index in [4.69, 9.17) is 4.74 Å². The number of hydrogen-bond acceptors (Lipinski definition) is 4. The van der Waals surface area contributed by atoms with Gasteiger partial charge in [0.15, 0.2) is 0 Å². The lowest BCUT2D eigenvalue weighted by Gasteiger charge is -2.33. The van der Waals surface area contributed by atoms with E-state index in [1.807, 2.05) is 12.1 Å². The Kier molecular flexibility index (Phi) is 4.67. The second-order valence-electron chi connectivity index (χ2n) is 7.97. The molecule has 0 unspecified atom stereocenters. The summed E-state index contributed by atoms with van der Waals surface area (Å²) in [5, 5.41) is 0. The first-order valence-corrected chi connectivity index (χ1v) is 9.71. The van der Waals surface area contributed by atoms with Gasteiger partial charge in [-0.3, -0.25) is 9.69 Å². The van der Waals surface area contributed by atoms with Crippen LogP contribution in [0.3, 0.4) is 0 Å². The summed E-state index contributed by atoms with van der Waals surface area (Å²) >= 11 is 0. The minimum absolute atomic E-state index is 0.207. The van der Waals surface area contributed by atoms with Crippen LogP contribution in [0.2, 0.25) is 0 Å². The summed E-state index contributed by atoms with van der Waals surface area (Å²) in [5.41, 5.74) is 1.26. The Labute approximate surface area is 150 Å². The predicted octanol–water partition coefficient (Wildman–Crippen LogP) is 2.70. The van der Waals surface area contributed by atoms with Crippen LogP contribution in [0.25, 0.3) is 0 Å². The van der Waals surface area contributed by atoms with Crippen molar-refractivity contribution in [3.8, 4) is 5.88 Å². The molecule has 0 bridgehead atoms. The third-order valence-corrected chi connectivity index (χ3v) is 6.46. The number of methoxy groups -OCH3 is 1. The minimum atomic E-state index is 0.207. The van der Waals surface area contributed by atoms with Crippen LogP contribution in [0.15, 0.2) is 18.2 Å². The Bertz CT molecular complexity index is 629. The smallest absolute Gasteiger partial charge is 0.226 e. The first kappa shape index (κ1) is 16.8. The molecule has 25 heavy (non-hydrogen) atoms. The number of hydrogen-bond donors (Lipinski definition) is 0. The summed E-state index contributed by atoms with van der Waals surface area (Å²) in [7, 11) is 1.66. The first-order chi connectivity index (χ1) is 12.2. The molecular weight excluding hydrogens is 314 g/mol. The standard InChI is InChI=1S/C20H29N3O2/c1-25-18-8-4-6-16(21-18)14-22-13-10-20(15-22)9-5-7-17(20)19(24)23-11-2-3-12-23/h4,6,8,17H,2-3,5,7,9-15H2,1H3/t17-,20-/m0/s1. The lowest BCUT2D eigenvalue weighted by molar-refractivity contribution is -0.137. The maximum Gasteiger partial charge on any atom is 0.226 e. The summed E-state index contributed by atoms with van der Waals surface area (Å²) in [5.74, 6) is 1.36. The highest BCUT2D eigenvalue weighted by molar-refractivity contribution is 5.80. The highest BCUT2D eigenvalue weighted by Crippen LogP contribution is 2.50. The van der Waals surface area contributed by atoms with Gasteiger partial charge < -0.3 is 9.64 Å². The molecule has 2 atom stereocenters. The highest BCUT2D eigenvalue weighted by atomic mass is 16.5. The molecule has 136 valence electrons. The van der Waals surface area contributed by atoms with Crippen LogP contribution in [-0.4, -0.2) is 54.0 Å². The quantitative estimate of drug-likeness (QED) is 0.843. The molecule has 0 radical (unpaired) electrons. The predicted molar refractivity (Wildman–Crippen MR) is 96.3 cm³/mol. The van der Waals surface area contributed by atoms with Crippen molar-refractivity contribution in [1.82, 2.24) is 14.8 Å². The molecule has 3 heterocycles. The van der Waals surface area contributed by atoms with Crippen LogP contribution < -0.4 is 4.74 Å². The molecule has 5 nitrogen and oxygen atoms in total. The van der Waals surface area contributed by atoms with Crippen molar-refractivity contribution in [3.63, 3.8) is 0 Å². The van der Waals surface area contributed by atoms with Crippen LogP contribution in [0.1, 0.15) is 44.2 Å². The molecule has 3 aliphatic rings. The van der Waals surface area contributed by atoms with E-state index in [1.165, 1.54) is 25.7 Å². The van der Waals surface area contributed by atoms with E-state index >= 15 is 0 Å². The molecule has 2 aliphatic heterocycles. The maximum atomic E-state index is 13.0. The maximum absolute atomic E-state index is 13.0. The van der Waals surface area contributed by atoms with Crippen molar-refractivity contribution in [2.24, 2.45) is 11.3 Å². The number of amides is 1. The van der Waals surface area contributed by atoms with Crippen LogP contribution in [0.4, 0.5) is 0 Å². The topological polar surface area (TPSA) is 45.7 Å². The molecular formula is C20H29N3O2. The zero-order valence-corrected chi connectivity index (χ0v) is 15.2. The average Bonchev–Trinajstić information content (AvgIpc) is 3.37. The number of carbonyl (C=O) groups is 1. The van der Waals surface area contributed by atoms with Gasteiger partial charge >= 0.3 is 0 Å². The first-order valence-electron chi connectivity index (χ1n) is 9.71. The summed E-state index contributed by atoms with van der Waals surface area (Å²) in [6.07, 6.45) is 7.01. The van der Waals surface area contributed by atoms with E-state index in [1.54, 1.807) is 7.11 Å². The average molecular weight is 343 g/mol. The van der Waals surface area contributed by atoms with Gasteiger partial charge in [-0.2, -0.15) is 0 Å². The van der Waals surface area contributed by atoms with Gasteiger partial charge in [0.05, 0.1) is 12.8 Å². The Hall–Kier alpha value is -1.62. The lowest BCUT2D eigenvalue weighted by atomic mass is 9.76. The van der Waals surface area contributed by atoms with Crippen LogP contribution >= 0.6 is 0 Å². The molecule has 2 saturated heterocycles. The SMILES string of the molecule is COc1cccc(CN2CC[C@@]3(CCC[C@H]3C(=O)N3CCCC3)C2)n1. The van der Waals surface area contributed by atoms with Crippen molar-refractivity contribution in [2.75, 3.05) is 33.3 Å². The van der Waals surface area contributed by atoms with Gasteiger partial charge in [0.25, 0.3) is 0 Å². The molecule has 1 spiro atoms. The molecule has 0 N–H and O–H groups in total. The van der Waals surface area contributed by atoms with Crippen molar-refractivity contribution >= 4 is 5.91 Å². The molecule has 0 aromatic carbocycles. The number of nitrogens with zero attached hydrogens (tertiary/aromatic N) is 3. The zero-order valence-electron chi connectivity index (χ0n) is 15.2. The lowest BCUT2D eigenvalue weighted by Crippen LogP contribution is -2.42. The van der Waals surface area contributed by atoms with Gasteiger partial charge in [-0.25, -0.2) is 4.98 Å². The van der Waals surface area contributed by atoms with Gasteiger partial charge in [-0.15, -0.1) is 0 Å². The van der Waals surface area contributed by atoms with E-state index in [0.29, 0.717) is 11.8 Å². The summed E-state index contributed by atoms with van der Waals surface area (Å²) in [4.78, 5) is 22.2. The van der Waals surface area contributed by atoms with Crippen molar-refractivity contribution in [1.29, 1.82) is 0 Å². The molecule has 4 rings (SSSR count). The normalized spacial score (nSPS) is 29.6. The molecule has 1 aliphatic carbocycles. The monoisotopic (exact) mass is 343 g/mol. The van der Waals surface area contributed by atoms with Crippen LogP contribution in [0.5, 0.6) is 5.88 Å². The third kappa shape index (κ3) is 3.26. The van der Waals surface area contributed by atoms with Crippen molar-refractivity contribution in [2.45, 2.75) is 45.1 Å². The Morgan fingerprint density at radius 3 is 2.88 bits per heavy atom. The number of likely N-dealkylation sites (tertiary alicyclic amines) is 2. The molecule has 1 saturated carbocycles. The number of carbonyl (C=O) groups excluding carboxylic acids is 1. The number of pyridine rings is 1. The van der Waals surface area contributed by atoms with E-state index in [2.05, 4.69) is 20.9 Å². The van der Waals surface area contributed by atoms with Crippen LogP contribution in [0, 0.1) is 11.3 Å². The molecule has 1 aromatic heterocycles. The molecule has 1 amide bonds. The zero-order chi connectivity index (χ0) is 17.3. The minimum Gasteiger partial charge on any atom is -0.481 e. The van der Waals surface area contributed by atoms with Gasteiger partial charge in [-0.1, -0.05) is 12.5 Å². The Morgan fingerprint density at radius 1 is 1.24 bits per heavy atom. The van der Waals surface area contributed by atoms with Gasteiger partial charge in [0, 0.05) is 38.2 Å². The molecule has 1 aromatic rings. The largest absolute Gasteiger partial charge is 0.481 e. The van der Waals surface area contributed by atoms with Crippen molar-refractivity contribution < 1.29 is 9.53 Å². The van der Waals surface area contributed by atoms with E-state index in [9.17, 15) is 4.79 Å². The van der Waals surface area contributed by atoms with Crippen LogP contribution in [-0.2, 0) is 11.3 Å². The fourth-order valence-electron chi connectivity index (χ4n) is 5.18. The Morgan fingerprint density at radius 2 is 2.08 bits per heavy atom. The summed E-state index contributed by atoms with van der Waals surface area (Å²) in [6.45, 7) is 4.91. The van der Waals surface area contributed by atoms with E-state index < -0.39 is 0 Å². The molecule has 5 heteroatoms.